The highest BCUT2D eigenvalue weighted by molar-refractivity contribution is 7.26. The van der Waals surface area contributed by atoms with E-state index in [0.717, 1.165) is 5.70 Å². The molecule has 0 aliphatic carbocycles. The average Bonchev–Trinajstić information content (AvgIpc) is 3.50. The van der Waals surface area contributed by atoms with Crippen LogP contribution in [0, 0.1) is 0 Å². The molecule has 0 atom stereocenters. The van der Waals surface area contributed by atoms with E-state index in [4.69, 9.17) is 0 Å². The summed E-state index contributed by atoms with van der Waals surface area (Å²) in [6.45, 7) is 6.10. The van der Waals surface area contributed by atoms with Crippen LogP contribution in [-0.2, 0) is 0 Å². The highest BCUT2D eigenvalue weighted by atomic mass is 32.1. The molecule has 7 rings (SSSR count). The average molecular weight is 492 g/mol. The van der Waals surface area contributed by atoms with Crippen molar-refractivity contribution in [2.24, 2.45) is 0 Å². The Morgan fingerprint density at radius 3 is 2.14 bits per heavy atom. The molecule has 0 spiro atoms. The van der Waals surface area contributed by atoms with Gasteiger partial charge >= 0.3 is 0 Å². The van der Waals surface area contributed by atoms with Crippen molar-refractivity contribution in [1.82, 2.24) is 4.57 Å². The second-order valence-corrected chi connectivity index (χ2v) is 10.4. The van der Waals surface area contributed by atoms with Gasteiger partial charge in [-0.2, -0.15) is 0 Å². The number of allylic oxidation sites excluding steroid dienone is 3. The van der Waals surface area contributed by atoms with E-state index in [9.17, 15) is 0 Å². The normalized spacial score (nSPS) is 12.2. The molecule has 2 heteroatoms. The Bertz CT molecular complexity index is 2000. The summed E-state index contributed by atoms with van der Waals surface area (Å²) < 4.78 is 5.00. The first kappa shape index (κ1) is 21.8. The zero-order chi connectivity index (χ0) is 24.9. The third kappa shape index (κ3) is 3.37. The lowest BCUT2D eigenvalue weighted by Crippen LogP contribution is -1.93. The maximum absolute atomic E-state index is 4.04. The van der Waals surface area contributed by atoms with Crippen molar-refractivity contribution in [2.75, 3.05) is 0 Å². The molecule has 176 valence electrons. The van der Waals surface area contributed by atoms with E-state index in [-0.39, 0.29) is 0 Å². The Hall–Kier alpha value is -4.40. The molecule has 37 heavy (non-hydrogen) atoms. The van der Waals surface area contributed by atoms with Gasteiger partial charge in [0.15, 0.2) is 0 Å². The number of hydrogen-bond donors (Lipinski definition) is 0. The van der Waals surface area contributed by atoms with Gasteiger partial charge in [0.1, 0.15) is 0 Å². The summed E-state index contributed by atoms with van der Waals surface area (Å²) in [5.74, 6) is 0. The standard InChI is InChI=1S/C35H25NS/c1-3-26(4-2)36-32-14-7-5-10-28(32)31-22-25(20-21-33(31)36)23-16-18-24(19-17-23)27-12-9-13-30-29-11-6-8-15-34(29)37-35(27)30/h3-22H,1H2,2H3. The first-order valence-corrected chi connectivity index (χ1v) is 13.4. The number of benzene rings is 5. The topological polar surface area (TPSA) is 4.93 Å². The smallest absolute Gasteiger partial charge is 0.0541 e. The van der Waals surface area contributed by atoms with Crippen molar-refractivity contribution in [3.05, 3.63) is 128 Å². The molecule has 0 radical (unpaired) electrons. The van der Waals surface area contributed by atoms with Crippen molar-refractivity contribution in [3.8, 4) is 22.3 Å². The summed E-state index contributed by atoms with van der Waals surface area (Å²) in [5, 5.41) is 5.19. The molecule has 0 N–H and O–H groups in total. The van der Waals surface area contributed by atoms with E-state index >= 15 is 0 Å². The van der Waals surface area contributed by atoms with Crippen LogP contribution in [0.15, 0.2) is 128 Å². The van der Waals surface area contributed by atoms with Gasteiger partial charge in [-0.15, -0.1) is 11.3 Å². The van der Waals surface area contributed by atoms with E-state index in [0.29, 0.717) is 0 Å². The van der Waals surface area contributed by atoms with Crippen molar-refractivity contribution in [2.45, 2.75) is 6.92 Å². The first-order chi connectivity index (χ1) is 18.3. The van der Waals surface area contributed by atoms with Crippen molar-refractivity contribution >= 4 is 59.0 Å². The number of hydrogen-bond acceptors (Lipinski definition) is 1. The minimum atomic E-state index is 1.10. The number of aromatic nitrogens is 1. The summed E-state index contributed by atoms with van der Waals surface area (Å²) in [6, 6.07) is 39.8. The molecule has 5 aromatic carbocycles. The van der Waals surface area contributed by atoms with Crippen LogP contribution < -0.4 is 0 Å². The molecule has 0 saturated carbocycles. The van der Waals surface area contributed by atoms with Gasteiger partial charge in [-0.3, -0.25) is 0 Å². The van der Waals surface area contributed by atoms with Gasteiger partial charge < -0.3 is 4.57 Å². The zero-order valence-corrected chi connectivity index (χ0v) is 21.4. The third-order valence-corrected chi connectivity index (χ3v) is 8.59. The molecule has 1 nitrogen and oxygen atoms in total. The van der Waals surface area contributed by atoms with Gasteiger partial charge in [0, 0.05) is 36.6 Å². The highest BCUT2D eigenvalue weighted by Crippen LogP contribution is 2.40. The highest BCUT2D eigenvalue weighted by Gasteiger charge is 2.14. The minimum Gasteiger partial charge on any atom is -0.310 e. The molecule has 7 aromatic rings. The summed E-state index contributed by atoms with van der Waals surface area (Å²) in [7, 11) is 0. The first-order valence-electron chi connectivity index (χ1n) is 12.6. The van der Waals surface area contributed by atoms with Crippen LogP contribution in [0.2, 0.25) is 0 Å². The largest absolute Gasteiger partial charge is 0.310 e. The Labute approximate surface area is 220 Å². The second-order valence-electron chi connectivity index (χ2n) is 9.36. The van der Waals surface area contributed by atoms with Crippen molar-refractivity contribution < 1.29 is 0 Å². The van der Waals surface area contributed by atoms with Crippen molar-refractivity contribution in [3.63, 3.8) is 0 Å². The third-order valence-electron chi connectivity index (χ3n) is 7.37. The van der Waals surface area contributed by atoms with Crippen LogP contribution in [0.4, 0.5) is 0 Å². The van der Waals surface area contributed by atoms with Crippen LogP contribution in [0.1, 0.15) is 6.92 Å². The van der Waals surface area contributed by atoms with E-state index in [1.54, 1.807) is 0 Å². The molecule has 0 aliphatic rings. The fourth-order valence-electron chi connectivity index (χ4n) is 5.59. The predicted molar refractivity (Wildman–Crippen MR) is 163 cm³/mol. The number of thiophene rings is 1. The molecule has 2 aromatic heterocycles. The molecule has 0 aliphatic heterocycles. The van der Waals surface area contributed by atoms with Gasteiger partial charge in [0.05, 0.1) is 11.0 Å². The maximum Gasteiger partial charge on any atom is 0.0541 e. The van der Waals surface area contributed by atoms with Crippen LogP contribution in [-0.4, -0.2) is 4.57 Å². The van der Waals surface area contributed by atoms with Crippen LogP contribution >= 0.6 is 11.3 Å². The van der Waals surface area contributed by atoms with E-state index in [2.05, 4.69) is 133 Å². The van der Waals surface area contributed by atoms with E-state index in [1.807, 2.05) is 17.4 Å². The van der Waals surface area contributed by atoms with E-state index < -0.39 is 0 Å². The fourth-order valence-corrected chi connectivity index (χ4v) is 6.82. The summed E-state index contributed by atoms with van der Waals surface area (Å²) >= 11 is 1.88. The quantitative estimate of drug-likeness (QED) is 0.216. The summed E-state index contributed by atoms with van der Waals surface area (Å²) in [4.78, 5) is 0. The number of fused-ring (bicyclic) bond motifs is 6. The Balaban J connectivity index is 1.34. The minimum absolute atomic E-state index is 1.10. The van der Waals surface area contributed by atoms with Crippen LogP contribution in [0.25, 0.3) is 69.9 Å². The number of nitrogens with zero attached hydrogens (tertiary/aromatic N) is 1. The number of rotatable bonds is 4. The Kier molecular flexibility index (Phi) is 5.09. The second kappa shape index (κ2) is 8.62. The van der Waals surface area contributed by atoms with Gasteiger partial charge in [0.2, 0.25) is 0 Å². The molecular formula is C35H25NS. The van der Waals surface area contributed by atoms with Gasteiger partial charge in [-0.25, -0.2) is 0 Å². The van der Waals surface area contributed by atoms with Gasteiger partial charge in [-0.05, 0) is 59.5 Å². The monoisotopic (exact) mass is 491 g/mol. The van der Waals surface area contributed by atoms with Gasteiger partial charge in [0.25, 0.3) is 0 Å². The SMILES string of the molecule is C=CC(=CC)n1c2ccccc2c2cc(-c3ccc(-c4cccc5c4sc4ccccc45)cc3)ccc21. The lowest BCUT2D eigenvalue weighted by molar-refractivity contribution is 1.23. The maximum atomic E-state index is 4.04. The predicted octanol–water partition coefficient (Wildman–Crippen LogP) is 10.5. The molecule has 0 unspecified atom stereocenters. The van der Waals surface area contributed by atoms with Crippen LogP contribution in [0.5, 0.6) is 0 Å². The molecule has 0 saturated heterocycles. The summed E-state index contributed by atoms with van der Waals surface area (Å²) in [5.41, 5.74) is 8.50. The number of para-hydroxylation sites is 1. The van der Waals surface area contributed by atoms with E-state index in [1.165, 1.54) is 64.2 Å². The fraction of sp³-hybridized carbons (Fsp3) is 0.0286. The lowest BCUT2D eigenvalue weighted by atomic mass is 9.98. The molecule has 0 amide bonds. The zero-order valence-electron chi connectivity index (χ0n) is 20.6. The Morgan fingerprint density at radius 2 is 1.32 bits per heavy atom. The molecule has 0 bridgehead atoms. The van der Waals surface area contributed by atoms with Crippen molar-refractivity contribution in [1.29, 1.82) is 0 Å². The summed E-state index contributed by atoms with van der Waals surface area (Å²) in [6.07, 6.45) is 4.04. The van der Waals surface area contributed by atoms with Gasteiger partial charge in [-0.1, -0.05) is 97.6 Å². The van der Waals surface area contributed by atoms with Crippen LogP contribution in [0.3, 0.4) is 0 Å². The lowest BCUT2D eigenvalue weighted by Gasteiger charge is -2.09. The molecule has 0 fully saturated rings. The molecule has 2 heterocycles. The molecular weight excluding hydrogens is 466 g/mol. The Morgan fingerprint density at radius 1 is 0.649 bits per heavy atom.